The van der Waals surface area contributed by atoms with Crippen LogP contribution in [0.1, 0.15) is 2.74 Å². The molecular formula is C14H10O4. The van der Waals surface area contributed by atoms with E-state index in [0.717, 1.165) is 0 Å². The maximum atomic E-state index is 8.12. The van der Waals surface area contributed by atoms with Gasteiger partial charge in [0.2, 0.25) is 13.6 Å². The first kappa shape index (κ1) is 7.87. The Morgan fingerprint density at radius 3 is 1.78 bits per heavy atom. The molecule has 4 nitrogen and oxygen atoms in total. The van der Waals surface area contributed by atoms with Crippen LogP contribution in [0, 0.1) is 0 Å². The third-order valence-electron chi connectivity index (χ3n) is 2.91. The van der Waals surface area contributed by atoms with Crippen LogP contribution < -0.4 is 18.9 Å². The molecule has 0 bridgehead atoms. The highest BCUT2D eigenvalue weighted by Crippen LogP contribution is 2.47. The van der Waals surface area contributed by atoms with Crippen molar-refractivity contribution < 1.29 is 21.7 Å². The van der Waals surface area contributed by atoms with E-state index in [1.54, 1.807) is 24.3 Å². The van der Waals surface area contributed by atoms with Crippen molar-refractivity contribution in [1.82, 2.24) is 0 Å². The lowest BCUT2D eigenvalue weighted by Crippen LogP contribution is -1.94. The molecule has 0 saturated carbocycles. The number of hydrogen-bond donors (Lipinski definition) is 0. The van der Waals surface area contributed by atoms with Crippen LogP contribution in [0.25, 0.3) is 11.1 Å². The summed E-state index contributed by atoms with van der Waals surface area (Å²) in [6.07, 6.45) is 0. The predicted octanol–water partition coefficient (Wildman–Crippen LogP) is 2.81. The van der Waals surface area contributed by atoms with E-state index in [0.29, 0.717) is 34.1 Å². The van der Waals surface area contributed by atoms with E-state index in [-0.39, 0.29) is 25.7 Å². The zero-order chi connectivity index (χ0) is 13.7. The van der Waals surface area contributed by atoms with Gasteiger partial charge in [-0.2, -0.15) is 0 Å². The Labute approximate surface area is 106 Å². The summed E-state index contributed by atoms with van der Waals surface area (Å²) in [5.74, 6) is 2.11. The molecule has 2 aromatic rings. The Balaban J connectivity index is 2.04. The Kier molecular flexibility index (Phi) is 1.56. The van der Waals surface area contributed by atoms with Gasteiger partial charge >= 0.3 is 0 Å². The number of para-hydroxylation sites is 2. The highest BCUT2D eigenvalue weighted by atomic mass is 16.7. The van der Waals surface area contributed by atoms with Gasteiger partial charge in [-0.3, -0.25) is 0 Å². The molecule has 4 rings (SSSR count). The lowest BCUT2D eigenvalue weighted by atomic mass is 10.0. The summed E-state index contributed by atoms with van der Waals surface area (Å²) >= 11 is 0. The molecule has 2 aliphatic heterocycles. The van der Waals surface area contributed by atoms with Crippen molar-refractivity contribution in [3.05, 3.63) is 36.4 Å². The number of benzene rings is 2. The van der Waals surface area contributed by atoms with Crippen LogP contribution in [0.4, 0.5) is 0 Å². The average molecular weight is 244 g/mol. The van der Waals surface area contributed by atoms with E-state index in [4.69, 9.17) is 21.7 Å². The van der Waals surface area contributed by atoms with Gasteiger partial charge in [-0.05, 0) is 12.1 Å². The second-order valence-corrected chi connectivity index (χ2v) is 3.91. The van der Waals surface area contributed by atoms with Crippen LogP contribution in [0.3, 0.4) is 0 Å². The Morgan fingerprint density at radius 1 is 0.778 bits per heavy atom. The SMILES string of the molecule is [2H]c1ccc2c(c1-c1c([2H])ccc3c1OCO3)OCO2. The van der Waals surface area contributed by atoms with Crippen molar-refractivity contribution in [2.24, 2.45) is 0 Å². The van der Waals surface area contributed by atoms with Crippen LogP contribution in [-0.4, -0.2) is 13.6 Å². The monoisotopic (exact) mass is 244 g/mol. The first-order valence-electron chi connectivity index (χ1n) is 6.54. The molecule has 0 amide bonds. The van der Waals surface area contributed by atoms with E-state index < -0.39 is 0 Å². The van der Waals surface area contributed by atoms with Crippen LogP contribution in [0.5, 0.6) is 23.0 Å². The standard InChI is InChI=1S/C14H10O4/c1-3-9(13-11(5-1)15-7-17-13)10-4-2-6-12-14(10)18-8-16-12/h1-6H,7-8H2/i3D,4D. The first-order chi connectivity index (χ1) is 9.75. The van der Waals surface area contributed by atoms with E-state index in [9.17, 15) is 0 Å². The van der Waals surface area contributed by atoms with Crippen molar-refractivity contribution >= 4 is 0 Å². The molecule has 0 aromatic heterocycles. The molecule has 0 fully saturated rings. The number of rotatable bonds is 1. The fraction of sp³-hybridized carbons (Fsp3) is 0.143. The molecule has 18 heavy (non-hydrogen) atoms. The summed E-state index contributed by atoms with van der Waals surface area (Å²) in [5.41, 5.74) is 1.01. The zero-order valence-corrected chi connectivity index (χ0v) is 9.36. The van der Waals surface area contributed by atoms with Gasteiger partial charge in [0.1, 0.15) is 0 Å². The molecule has 4 heteroatoms. The Bertz CT molecular complexity index is 653. The molecule has 2 aromatic carbocycles. The van der Waals surface area contributed by atoms with Crippen LogP contribution in [0.15, 0.2) is 36.4 Å². The number of ether oxygens (including phenoxy) is 4. The molecule has 0 spiro atoms. The first-order valence-corrected chi connectivity index (χ1v) is 5.54. The smallest absolute Gasteiger partial charge is 0.231 e. The lowest BCUT2D eigenvalue weighted by molar-refractivity contribution is 0.173. The highest BCUT2D eigenvalue weighted by molar-refractivity contribution is 5.81. The average Bonchev–Trinajstić information content (AvgIpc) is 3.08. The molecule has 2 heterocycles. The van der Waals surface area contributed by atoms with Crippen LogP contribution in [0.2, 0.25) is 0 Å². The van der Waals surface area contributed by atoms with Crippen LogP contribution in [-0.2, 0) is 0 Å². The van der Waals surface area contributed by atoms with E-state index in [2.05, 4.69) is 0 Å². The third kappa shape index (κ3) is 1.26. The zero-order valence-electron chi connectivity index (χ0n) is 11.4. The van der Waals surface area contributed by atoms with Crippen molar-refractivity contribution in [2.45, 2.75) is 0 Å². The summed E-state index contributed by atoms with van der Waals surface area (Å²) in [5, 5.41) is 0. The largest absolute Gasteiger partial charge is 0.454 e. The van der Waals surface area contributed by atoms with Gasteiger partial charge in [0.25, 0.3) is 0 Å². The summed E-state index contributed by atoms with van der Waals surface area (Å²) in [7, 11) is 0. The molecule has 0 radical (unpaired) electrons. The molecule has 0 saturated heterocycles. The summed E-state index contributed by atoms with van der Waals surface area (Å²) in [4.78, 5) is 0. The van der Waals surface area contributed by atoms with Gasteiger partial charge in [-0.25, -0.2) is 0 Å². The minimum absolute atomic E-state index is 0.117. The Morgan fingerprint density at radius 2 is 1.28 bits per heavy atom. The molecular weight excluding hydrogens is 232 g/mol. The van der Waals surface area contributed by atoms with Gasteiger partial charge in [-0.15, -0.1) is 0 Å². The lowest BCUT2D eigenvalue weighted by Gasteiger charge is -2.08. The van der Waals surface area contributed by atoms with E-state index in [1.807, 2.05) is 0 Å². The molecule has 90 valence electrons. The van der Waals surface area contributed by atoms with Gasteiger partial charge < -0.3 is 18.9 Å². The fourth-order valence-electron chi connectivity index (χ4n) is 2.12. The maximum Gasteiger partial charge on any atom is 0.231 e. The normalized spacial score (nSPS) is 16.4. The summed E-state index contributed by atoms with van der Waals surface area (Å²) in [6.45, 7) is 0.233. The quantitative estimate of drug-likeness (QED) is 0.773. The number of hydrogen-bond acceptors (Lipinski definition) is 4. The number of fused-ring (bicyclic) bond motifs is 2. The third-order valence-corrected chi connectivity index (χ3v) is 2.91. The van der Waals surface area contributed by atoms with E-state index >= 15 is 0 Å². The maximum absolute atomic E-state index is 8.12. The Hall–Kier alpha value is -2.36. The van der Waals surface area contributed by atoms with Gasteiger partial charge in [-0.1, -0.05) is 24.2 Å². The predicted molar refractivity (Wildman–Crippen MR) is 64.1 cm³/mol. The van der Waals surface area contributed by atoms with Crippen molar-refractivity contribution in [1.29, 1.82) is 0 Å². The molecule has 0 N–H and O–H groups in total. The second kappa shape index (κ2) is 3.57. The van der Waals surface area contributed by atoms with Crippen molar-refractivity contribution in [2.75, 3.05) is 13.6 Å². The minimum Gasteiger partial charge on any atom is -0.454 e. The van der Waals surface area contributed by atoms with Crippen LogP contribution >= 0.6 is 0 Å². The van der Waals surface area contributed by atoms with Crippen molar-refractivity contribution in [3.63, 3.8) is 0 Å². The van der Waals surface area contributed by atoms with Gasteiger partial charge in [0.15, 0.2) is 23.0 Å². The topological polar surface area (TPSA) is 36.9 Å². The second-order valence-electron chi connectivity index (χ2n) is 3.91. The van der Waals surface area contributed by atoms with E-state index in [1.165, 1.54) is 0 Å². The molecule has 0 atom stereocenters. The summed E-state index contributed by atoms with van der Waals surface area (Å²) < 4.78 is 37.8. The highest BCUT2D eigenvalue weighted by Gasteiger charge is 2.24. The summed E-state index contributed by atoms with van der Waals surface area (Å²) in [6, 6.07) is 7.14. The van der Waals surface area contributed by atoms with Gasteiger partial charge in [0.05, 0.1) is 2.74 Å². The van der Waals surface area contributed by atoms with Crippen molar-refractivity contribution in [3.8, 4) is 34.1 Å². The molecule has 2 aliphatic rings. The minimum atomic E-state index is 0.117. The fourth-order valence-corrected chi connectivity index (χ4v) is 2.12. The van der Waals surface area contributed by atoms with Gasteiger partial charge in [0, 0.05) is 11.1 Å². The molecule has 0 unspecified atom stereocenters. The molecule has 0 aliphatic carbocycles.